The van der Waals surface area contributed by atoms with Crippen LogP contribution >= 0.6 is 11.3 Å². The van der Waals surface area contributed by atoms with E-state index in [1.807, 2.05) is 18.2 Å². The average molecular weight is 390 g/mol. The molecule has 3 heterocycles. The lowest BCUT2D eigenvalue weighted by Gasteiger charge is -2.37. The van der Waals surface area contributed by atoms with Gasteiger partial charge in [-0.3, -0.25) is 0 Å². The fraction of sp³-hybridized carbons (Fsp3) is 0.474. The predicted octanol–water partition coefficient (Wildman–Crippen LogP) is 3.45. The number of esters is 1. The number of benzene rings is 1. The summed E-state index contributed by atoms with van der Waals surface area (Å²) in [5.41, 5.74) is 0.703. The van der Waals surface area contributed by atoms with Gasteiger partial charge < -0.3 is 24.4 Å². The van der Waals surface area contributed by atoms with Crippen molar-refractivity contribution in [2.75, 3.05) is 38.2 Å². The fourth-order valence-electron chi connectivity index (χ4n) is 3.46. The summed E-state index contributed by atoms with van der Waals surface area (Å²) in [5.74, 6) is -0.807. The number of carbonyl (C=O) groups excluding carboxylic acids is 2. The van der Waals surface area contributed by atoms with Gasteiger partial charge in [0.25, 0.3) is 0 Å². The summed E-state index contributed by atoms with van der Waals surface area (Å²) in [5, 5.41) is 3.85. The minimum Gasteiger partial charge on any atom is -0.462 e. The van der Waals surface area contributed by atoms with Crippen LogP contribution in [0.3, 0.4) is 0 Å². The monoisotopic (exact) mass is 390 g/mol. The van der Waals surface area contributed by atoms with Gasteiger partial charge in [-0.1, -0.05) is 0 Å². The number of likely N-dealkylation sites (tertiary alicyclic amines) is 1. The van der Waals surface area contributed by atoms with E-state index in [9.17, 15) is 9.59 Å². The molecule has 144 valence electrons. The summed E-state index contributed by atoms with van der Waals surface area (Å²) in [6.45, 7) is 4.58. The molecule has 0 aliphatic carbocycles. The lowest BCUT2D eigenvalue weighted by molar-refractivity contribution is -0.181. The summed E-state index contributed by atoms with van der Waals surface area (Å²) in [4.78, 5) is 26.8. The highest BCUT2D eigenvalue weighted by Gasteiger charge is 2.40. The Kier molecular flexibility index (Phi) is 5.03. The van der Waals surface area contributed by atoms with E-state index in [2.05, 4.69) is 5.32 Å². The van der Waals surface area contributed by atoms with E-state index >= 15 is 0 Å². The number of piperidine rings is 1. The number of nitrogens with zero attached hydrogens (tertiary/aromatic N) is 1. The SMILES string of the molecule is CCOC(=O)c1cc2cc(NC(=O)N3CCC4(CC3)OCCO4)ccc2s1. The van der Waals surface area contributed by atoms with E-state index in [1.54, 1.807) is 17.9 Å². The van der Waals surface area contributed by atoms with Crippen molar-refractivity contribution in [3.63, 3.8) is 0 Å². The zero-order valence-corrected chi connectivity index (χ0v) is 16.0. The minimum atomic E-state index is -0.490. The number of thiophene rings is 1. The third kappa shape index (κ3) is 3.78. The van der Waals surface area contributed by atoms with Crippen molar-refractivity contribution in [3.05, 3.63) is 29.1 Å². The Bertz CT molecular complexity index is 849. The Balaban J connectivity index is 1.40. The quantitative estimate of drug-likeness (QED) is 0.813. The van der Waals surface area contributed by atoms with Gasteiger partial charge in [-0.2, -0.15) is 0 Å². The van der Waals surface area contributed by atoms with Crippen LogP contribution in [0.15, 0.2) is 24.3 Å². The second-order valence-electron chi connectivity index (χ2n) is 6.61. The Morgan fingerprint density at radius 2 is 1.96 bits per heavy atom. The number of anilines is 1. The number of nitrogens with one attached hydrogen (secondary N) is 1. The molecular weight excluding hydrogens is 368 g/mol. The molecule has 1 spiro atoms. The van der Waals surface area contributed by atoms with Crippen molar-refractivity contribution in [1.82, 2.24) is 4.90 Å². The molecule has 8 heteroatoms. The molecule has 27 heavy (non-hydrogen) atoms. The number of ether oxygens (including phenoxy) is 3. The molecule has 2 aliphatic heterocycles. The molecule has 2 amide bonds. The number of amides is 2. The van der Waals surface area contributed by atoms with E-state index in [1.165, 1.54) is 11.3 Å². The summed E-state index contributed by atoms with van der Waals surface area (Å²) in [7, 11) is 0. The second-order valence-corrected chi connectivity index (χ2v) is 7.69. The molecule has 2 fully saturated rings. The van der Waals surface area contributed by atoms with Crippen LogP contribution in [0.1, 0.15) is 29.4 Å². The molecule has 1 N–H and O–H groups in total. The van der Waals surface area contributed by atoms with Crippen molar-refractivity contribution in [1.29, 1.82) is 0 Å². The maximum absolute atomic E-state index is 12.6. The Labute approximate surface area is 161 Å². The Morgan fingerprint density at radius 3 is 2.67 bits per heavy atom. The minimum absolute atomic E-state index is 0.136. The molecule has 0 saturated carbocycles. The lowest BCUT2D eigenvalue weighted by Crippen LogP contribution is -2.48. The van der Waals surface area contributed by atoms with Crippen LogP contribution in [0.5, 0.6) is 0 Å². The molecule has 0 bridgehead atoms. The van der Waals surface area contributed by atoms with Crippen molar-refractivity contribution in [2.45, 2.75) is 25.6 Å². The van der Waals surface area contributed by atoms with Crippen molar-refractivity contribution < 1.29 is 23.8 Å². The molecule has 7 nitrogen and oxygen atoms in total. The lowest BCUT2D eigenvalue weighted by atomic mass is 10.0. The van der Waals surface area contributed by atoms with Crippen molar-refractivity contribution in [2.24, 2.45) is 0 Å². The third-order valence-corrected chi connectivity index (χ3v) is 5.97. The highest BCUT2D eigenvalue weighted by Crippen LogP contribution is 2.32. The van der Waals surface area contributed by atoms with Gasteiger partial charge in [0, 0.05) is 36.3 Å². The molecule has 0 atom stereocenters. The van der Waals surface area contributed by atoms with Gasteiger partial charge in [-0.05, 0) is 36.6 Å². The first-order valence-electron chi connectivity index (χ1n) is 9.13. The zero-order chi connectivity index (χ0) is 18.9. The highest BCUT2D eigenvalue weighted by molar-refractivity contribution is 7.20. The second kappa shape index (κ2) is 7.46. The first-order valence-corrected chi connectivity index (χ1v) is 9.95. The first-order chi connectivity index (χ1) is 13.1. The number of rotatable bonds is 3. The molecule has 2 aromatic rings. The van der Waals surface area contributed by atoms with E-state index in [0.29, 0.717) is 56.3 Å². The number of urea groups is 1. The molecule has 0 radical (unpaired) electrons. The van der Waals surface area contributed by atoms with E-state index in [4.69, 9.17) is 14.2 Å². The average Bonchev–Trinajstić information content (AvgIpc) is 3.29. The van der Waals surface area contributed by atoms with Gasteiger partial charge in [0.1, 0.15) is 4.88 Å². The van der Waals surface area contributed by atoms with Crippen molar-refractivity contribution >= 4 is 39.1 Å². The number of carbonyl (C=O) groups is 2. The normalized spacial score (nSPS) is 18.8. The van der Waals surface area contributed by atoms with E-state index in [-0.39, 0.29) is 12.0 Å². The molecule has 2 saturated heterocycles. The van der Waals surface area contributed by atoms with Crippen LogP contribution in [0.2, 0.25) is 0 Å². The zero-order valence-electron chi connectivity index (χ0n) is 15.2. The first kappa shape index (κ1) is 18.2. The number of hydrogen-bond donors (Lipinski definition) is 1. The van der Waals surface area contributed by atoms with Crippen LogP contribution in [0.25, 0.3) is 10.1 Å². The molecule has 1 aromatic heterocycles. The standard InChI is InChI=1S/C19H22N2O5S/c1-2-24-17(22)16-12-13-11-14(3-4-15(13)27-16)20-18(23)21-7-5-19(6-8-21)25-9-10-26-19/h3-4,11-12H,2,5-10H2,1H3,(H,20,23). The molecule has 1 aromatic carbocycles. The molecular formula is C19H22N2O5S. The Morgan fingerprint density at radius 1 is 1.22 bits per heavy atom. The van der Waals surface area contributed by atoms with Gasteiger partial charge in [-0.25, -0.2) is 9.59 Å². The Hall–Kier alpha value is -2.16. The van der Waals surface area contributed by atoms with Gasteiger partial charge >= 0.3 is 12.0 Å². The number of fused-ring (bicyclic) bond motifs is 1. The van der Waals surface area contributed by atoms with Gasteiger partial charge in [0.15, 0.2) is 5.79 Å². The molecule has 0 unspecified atom stereocenters. The van der Waals surface area contributed by atoms with Gasteiger partial charge in [0.05, 0.1) is 19.8 Å². The third-order valence-electron chi connectivity index (χ3n) is 4.87. The van der Waals surface area contributed by atoms with Gasteiger partial charge in [-0.15, -0.1) is 11.3 Å². The molecule has 4 rings (SSSR count). The maximum Gasteiger partial charge on any atom is 0.348 e. The van der Waals surface area contributed by atoms with Gasteiger partial charge in [0.2, 0.25) is 0 Å². The van der Waals surface area contributed by atoms with Crippen LogP contribution in [-0.4, -0.2) is 55.6 Å². The van der Waals surface area contributed by atoms with Crippen LogP contribution < -0.4 is 5.32 Å². The summed E-state index contributed by atoms with van der Waals surface area (Å²) < 4.78 is 17.4. The maximum atomic E-state index is 12.6. The fourth-order valence-corrected chi connectivity index (χ4v) is 4.40. The molecule has 2 aliphatic rings. The van der Waals surface area contributed by atoms with E-state index < -0.39 is 5.79 Å². The van der Waals surface area contributed by atoms with Crippen LogP contribution in [-0.2, 0) is 14.2 Å². The smallest absolute Gasteiger partial charge is 0.348 e. The van der Waals surface area contributed by atoms with Crippen LogP contribution in [0, 0.1) is 0 Å². The van der Waals surface area contributed by atoms with E-state index in [0.717, 1.165) is 10.1 Å². The summed E-state index contributed by atoms with van der Waals surface area (Å²) >= 11 is 1.39. The van der Waals surface area contributed by atoms with Crippen molar-refractivity contribution in [3.8, 4) is 0 Å². The summed E-state index contributed by atoms with van der Waals surface area (Å²) in [6, 6.07) is 7.29. The predicted molar refractivity (Wildman–Crippen MR) is 102 cm³/mol. The highest BCUT2D eigenvalue weighted by atomic mass is 32.1. The summed E-state index contributed by atoms with van der Waals surface area (Å²) in [6.07, 6.45) is 1.37. The largest absolute Gasteiger partial charge is 0.462 e. The number of hydrogen-bond acceptors (Lipinski definition) is 6. The topological polar surface area (TPSA) is 77.1 Å². The van der Waals surface area contributed by atoms with Crippen LogP contribution in [0.4, 0.5) is 10.5 Å².